The number of carbonyl (C=O) groups excluding carboxylic acids is 3. The molecule has 4 aliphatic rings. The number of aliphatic hydroxyl groups excluding tert-OH is 2. The number of carboxylic acid groups (broad SMARTS) is 1. The van der Waals surface area contributed by atoms with Gasteiger partial charge in [-0.05, 0) is 55.6 Å². The van der Waals surface area contributed by atoms with E-state index in [4.69, 9.17) is 9.84 Å². The van der Waals surface area contributed by atoms with Crippen molar-refractivity contribution in [2.75, 3.05) is 6.61 Å². The van der Waals surface area contributed by atoms with Gasteiger partial charge in [-0.2, -0.15) is 0 Å². The number of aliphatic carboxylic acids is 1. The van der Waals surface area contributed by atoms with Crippen molar-refractivity contribution in [2.45, 2.75) is 71.0 Å². The molecule has 4 aliphatic carbocycles. The molecule has 0 amide bonds. The average Bonchev–Trinajstić information content (AvgIpc) is 3.05. The second kappa shape index (κ2) is 8.41. The van der Waals surface area contributed by atoms with Crippen LogP contribution in [0.3, 0.4) is 0 Å². The number of carbonyl (C=O) groups is 4. The Kier molecular flexibility index (Phi) is 6.13. The van der Waals surface area contributed by atoms with E-state index in [2.05, 4.69) is 13.8 Å². The quantitative estimate of drug-likeness (QED) is 0.498. The fourth-order valence-corrected chi connectivity index (χ4v) is 8.00. The van der Waals surface area contributed by atoms with Gasteiger partial charge < -0.3 is 20.1 Å². The zero-order chi connectivity index (χ0) is 25.1. The Morgan fingerprint density at radius 1 is 1.21 bits per heavy atom. The third-order valence-corrected chi connectivity index (χ3v) is 9.36. The lowest BCUT2D eigenvalue weighted by Gasteiger charge is -2.61. The number of hydrogen-bond acceptors (Lipinski definition) is 7. The minimum Gasteiger partial charge on any atom is -0.481 e. The monoisotopic (exact) mass is 474 g/mol. The van der Waals surface area contributed by atoms with Crippen LogP contribution in [0.5, 0.6) is 0 Å². The Morgan fingerprint density at radius 3 is 2.56 bits per heavy atom. The maximum absolute atomic E-state index is 13.1. The highest BCUT2D eigenvalue weighted by Gasteiger charge is 2.70. The van der Waals surface area contributed by atoms with E-state index in [1.165, 1.54) is 0 Å². The molecule has 34 heavy (non-hydrogen) atoms. The van der Waals surface area contributed by atoms with Gasteiger partial charge in [0, 0.05) is 16.7 Å². The highest BCUT2D eigenvalue weighted by molar-refractivity contribution is 6.01. The van der Waals surface area contributed by atoms with Crippen molar-refractivity contribution in [1.82, 2.24) is 0 Å². The molecule has 4 rings (SSSR count). The summed E-state index contributed by atoms with van der Waals surface area (Å²) in [5.74, 6) is -2.65. The summed E-state index contributed by atoms with van der Waals surface area (Å²) in [6.07, 6.45) is 5.34. The van der Waals surface area contributed by atoms with E-state index in [0.717, 1.165) is 12.0 Å². The Labute approximate surface area is 199 Å². The fraction of sp³-hybridized carbons (Fsp3) is 0.692. The van der Waals surface area contributed by atoms with Gasteiger partial charge in [-0.15, -0.1) is 0 Å². The summed E-state index contributed by atoms with van der Waals surface area (Å²) in [6.45, 7) is 5.21. The number of hydrogen-bond donors (Lipinski definition) is 3. The number of fused-ring (bicyclic) bond motifs is 5. The normalized spacial score (nSPS) is 42.8. The first-order valence-electron chi connectivity index (χ1n) is 12.1. The third kappa shape index (κ3) is 3.49. The topological polar surface area (TPSA) is 138 Å². The third-order valence-electron chi connectivity index (χ3n) is 9.36. The molecule has 0 heterocycles. The maximum Gasteiger partial charge on any atom is 0.307 e. The van der Waals surface area contributed by atoms with Gasteiger partial charge >= 0.3 is 11.9 Å². The lowest BCUT2D eigenvalue weighted by molar-refractivity contribution is -0.201. The number of allylic oxidation sites excluding steroid dienone is 4. The van der Waals surface area contributed by atoms with E-state index in [1.807, 2.05) is 13.0 Å². The van der Waals surface area contributed by atoms with Crippen LogP contribution >= 0.6 is 0 Å². The van der Waals surface area contributed by atoms with Gasteiger partial charge in [-0.1, -0.05) is 32.4 Å². The predicted octanol–water partition coefficient (Wildman–Crippen LogP) is 2.22. The molecule has 3 saturated carbocycles. The first-order valence-corrected chi connectivity index (χ1v) is 12.1. The first kappa shape index (κ1) is 24.8. The number of ether oxygens (including phenoxy) is 1. The molecule has 0 aromatic heterocycles. The van der Waals surface area contributed by atoms with E-state index in [9.17, 15) is 29.4 Å². The van der Waals surface area contributed by atoms with Crippen LogP contribution in [-0.2, 0) is 23.9 Å². The fourth-order valence-electron chi connectivity index (χ4n) is 8.00. The zero-order valence-corrected chi connectivity index (χ0v) is 20.0. The number of ketones is 2. The molecule has 0 aliphatic heterocycles. The van der Waals surface area contributed by atoms with E-state index in [0.29, 0.717) is 6.42 Å². The molecule has 0 spiro atoms. The van der Waals surface area contributed by atoms with Crippen LogP contribution in [0.1, 0.15) is 59.3 Å². The van der Waals surface area contributed by atoms with Gasteiger partial charge in [0.15, 0.2) is 11.4 Å². The van der Waals surface area contributed by atoms with Crippen molar-refractivity contribution in [1.29, 1.82) is 0 Å². The van der Waals surface area contributed by atoms with Crippen LogP contribution in [0.2, 0.25) is 0 Å². The van der Waals surface area contributed by atoms with Gasteiger partial charge in [0.2, 0.25) is 5.78 Å². The highest BCUT2D eigenvalue weighted by Crippen LogP contribution is 2.68. The molecular weight excluding hydrogens is 440 g/mol. The van der Waals surface area contributed by atoms with Crippen molar-refractivity contribution >= 4 is 23.5 Å². The Bertz CT molecular complexity index is 981. The van der Waals surface area contributed by atoms with Crippen LogP contribution in [0.25, 0.3) is 0 Å². The largest absolute Gasteiger partial charge is 0.481 e. The number of aliphatic hydroxyl groups is 2. The molecular formula is C26H34O8. The zero-order valence-electron chi connectivity index (χ0n) is 20.0. The molecule has 8 atom stereocenters. The number of carboxylic acids is 1. The van der Waals surface area contributed by atoms with Crippen molar-refractivity contribution in [3.8, 4) is 0 Å². The summed E-state index contributed by atoms with van der Waals surface area (Å²) < 4.78 is 5.78. The van der Waals surface area contributed by atoms with Gasteiger partial charge in [0.05, 0.1) is 18.9 Å². The molecule has 0 bridgehead atoms. The van der Waals surface area contributed by atoms with E-state index >= 15 is 0 Å². The number of rotatable bonds is 6. The molecule has 0 aromatic carbocycles. The summed E-state index contributed by atoms with van der Waals surface area (Å²) in [4.78, 5) is 48.8. The van der Waals surface area contributed by atoms with Crippen molar-refractivity contribution in [2.24, 2.45) is 34.5 Å². The molecule has 8 heteroatoms. The molecule has 0 radical (unpaired) electrons. The lowest BCUT2D eigenvalue weighted by Crippen LogP contribution is -2.63. The van der Waals surface area contributed by atoms with Crippen LogP contribution < -0.4 is 0 Å². The molecule has 1 unspecified atom stereocenters. The predicted molar refractivity (Wildman–Crippen MR) is 120 cm³/mol. The molecule has 3 fully saturated rings. The summed E-state index contributed by atoms with van der Waals surface area (Å²) in [5.41, 5.74) is -1.97. The minimum atomic E-state index is -1.60. The average molecular weight is 475 g/mol. The number of Topliss-reactive ketones (excluding diaryl/α,β-unsaturated/α-hetero) is 1. The molecule has 0 aromatic rings. The van der Waals surface area contributed by atoms with Crippen LogP contribution in [0, 0.1) is 34.5 Å². The van der Waals surface area contributed by atoms with Gasteiger partial charge in [0.1, 0.15) is 6.61 Å². The van der Waals surface area contributed by atoms with Gasteiger partial charge in [-0.3, -0.25) is 19.2 Å². The maximum atomic E-state index is 13.1. The Balaban J connectivity index is 1.72. The lowest BCUT2D eigenvalue weighted by atomic mass is 9.44. The highest BCUT2D eigenvalue weighted by atomic mass is 16.6. The summed E-state index contributed by atoms with van der Waals surface area (Å²) in [6, 6.07) is 0. The van der Waals surface area contributed by atoms with Crippen molar-refractivity contribution in [3.63, 3.8) is 0 Å². The van der Waals surface area contributed by atoms with Crippen LogP contribution in [-0.4, -0.2) is 57.1 Å². The Hall–Kier alpha value is -2.32. The molecule has 0 saturated heterocycles. The van der Waals surface area contributed by atoms with Crippen molar-refractivity contribution < 1.29 is 39.2 Å². The van der Waals surface area contributed by atoms with Crippen LogP contribution in [0.4, 0.5) is 0 Å². The van der Waals surface area contributed by atoms with E-state index in [1.54, 1.807) is 12.2 Å². The molecule has 8 nitrogen and oxygen atoms in total. The second-order valence-electron chi connectivity index (χ2n) is 11.1. The van der Waals surface area contributed by atoms with Crippen molar-refractivity contribution in [3.05, 3.63) is 23.8 Å². The van der Waals surface area contributed by atoms with Crippen LogP contribution in [0.15, 0.2) is 23.8 Å². The molecule has 186 valence electrons. The van der Waals surface area contributed by atoms with E-state index < -0.39 is 53.3 Å². The summed E-state index contributed by atoms with van der Waals surface area (Å²) in [5, 5.41) is 30.3. The molecule has 3 N–H and O–H groups in total. The van der Waals surface area contributed by atoms with Gasteiger partial charge in [-0.25, -0.2) is 0 Å². The smallest absolute Gasteiger partial charge is 0.307 e. The second-order valence-corrected chi connectivity index (χ2v) is 11.1. The number of esters is 1. The Morgan fingerprint density at radius 2 is 1.91 bits per heavy atom. The minimum absolute atomic E-state index is 0.0230. The SMILES string of the molecule is C[C@H]1C[C@@H]2C([C@@H](O)C[C@@]3(C)[C@H]2CC[C@]3(OC(=O)CCC(=O)O)C(=O)CO)[C@@]2(C)C=CC(=O)C=C12. The summed E-state index contributed by atoms with van der Waals surface area (Å²) >= 11 is 0. The van der Waals surface area contributed by atoms with Gasteiger partial charge in [0.25, 0.3) is 0 Å². The standard InChI is InChI=1S/C26H34O8/c1-14-10-16-17-7-9-26(20(30)13-27,34-22(33)5-4-21(31)32)25(17,3)12-19(29)23(16)24(2)8-6-15(28)11-18(14)24/h6,8,11,14,16-17,19,23,27,29H,4-5,7,9-10,12-13H2,1-3H3,(H,31,32)/t14-,16-,17-,19-,23?,24-,25-,26-/m0/s1. The first-order chi connectivity index (χ1) is 15.9. The van der Waals surface area contributed by atoms with E-state index in [-0.39, 0.29) is 48.7 Å². The summed E-state index contributed by atoms with van der Waals surface area (Å²) in [7, 11) is 0.